The van der Waals surface area contributed by atoms with E-state index in [1.807, 2.05) is 30.3 Å². The Kier molecular flexibility index (Phi) is 12.3. The maximum Gasteiger partial charge on any atom is 0.193 e. The molecular formula is C48H59N5O2. The van der Waals surface area contributed by atoms with Crippen molar-refractivity contribution >= 4 is 29.1 Å². The molecule has 0 amide bonds. The summed E-state index contributed by atoms with van der Waals surface area (Å²) in [5.74, 6) is 0.608. The number of anilines is 3. The van der Waals surface area contributed by atoms with Gasteiger partial charge in [0.2, 0.25) is 0 Å². The summed E-state index contributed by atoms with van der Waals surface area (Å²) >= 11 is 0. The fourth-order valence-corrected chi connectivity index (χ4v) is 9.59. The van der Waals surface area contributed by atoms with Crippen molar-refractivity contribution < 1.29 is 9.59 Å². The van der Waals surface area contributed by atoms with Crippen LogP contribution in [0.25, 0.3) is 0 Å². The van der Waals surface area contributed by atoms with Crippen LogP contribution >= 0.6 is 0 Å². The molecule has 55 heavy (non-hydrogen) atoms. The average Bonchev–Trinajstić information content (AvgIpc) is 3.25. The predicted octanol–water partition coefficient (Wildman–Crippen LogP) is 9.17. The van der Waals surface area contributed by atoms with Crippen LogP contribution in [-0.4, -0.2) is 80.3 Å². The van der Waals surface area contributed by atoms with Gasteiger partial charge in [-0.15, -0.1) is 0 Å². The second kappa shape index (κ2) is 18.0. The highest BCUT2D eigenvalue weighted by molar-refractivity contribution is 6.13. The van der Waals surface area contributed by atoms with Crippen LogP contribution in [0.4, 0.5) is 17.1 Å². The fourth-order valence-electron chi connectivity index (χ4n) is 9.59. The molecule has 8 rings (SSSR count). The quantitative estimate of drug-likeness (QED) is 0.115. The van der Waals surface area contributed by atoms with E-state index in [1.54, 1.807) is 5.56 Å². The Bertz CT molecular complexity index is 1880. The van der Waals surface area contributed by atoms with Crippen molar-refractivity contribution in [1.29, 1.82) is 0 Å². The lowest BCUT2D eigenvalue weighted by Gasteiger charge is -2.37. The smallest absolute Gasteiger partial charge is 0.193 e. The van der Waals surface area contributed by atoms with Gasteiger partial charge >= 0.3 is 0 Å². The highest BCUT2D eigenvalue weighted by Crippen LogP contribution is 2.35. The first-order valence-corrected chi connectivity index (χ1v) is 21.2. The van der Waals surface area contributed by atoms with Crippen LogP contribution in [-0.2, 0) is 13.1 Å². The molecule has 7 heteroatoms. The first-order chi connectivity index (χ1) is 27.1. The third kappa shape index (κ3) is 9.16. The van der Waals surface area contributed by atoms with Crippen LogP contribution in [0.15, 0.2) is 91.0 Å². The van der Waals surface area contributed by atoms with Crippen LogP contribution in [0.5, 0.6) is 0 Å². The highest BCUT2D eigenvalue weighted by atomic mass is 16.1. The molecule has 0 bridgehead atoms. The topological polar surface area (TPSA) is 59.1 Å². The first kappa shape index (κ1) is 37.5. The van der Waals surface area contributed by atoms with E-state index in [0.717, 1.165) is 83.1 Å². The van der Waals surface area contributed by atoms with Crippen molar-refractivity contribution in [2.24, 2.45) is 0 Å². The van der Waals surface area contributed by atoms with Crippen molar-refractivity contribution in [2.75, 3.05) is 67.5 Å². The summed E-state index contributed by atoms with van der Waals surface area (Å²) in [7, 11) is 0. The van der Waals surface area contributed by atoms with E-state index in [9.17, 15) is 9.59 Å². The molecular weight excluding hydrogens is 679 g/mol. The zero-order valence-electron chi connectivity index (χ0n) is 32.6. The summed E-state index contributed by atoms with van der Waals surface area (Å²) in [4.78, 5) is 36.0. The summed E-state index contributed by atoms with van der Waals surface area (Å²) in [6, 6.07) is 32.3. The molecule has 0 unspecified atom stereocenters. The number of rotatable bonds is 12. The Labute approximate surface area is 328 Å². The summed E-state index contributed by atoms with van der Waals surface area (Å²) < 4.78 is 0. The van der Waals surface area contributed by atoms with Crippen molar-refractivity contribution in [3.63, 3.8) is 0 Å². The van der Waals surface area contributed by atoms with Gasteiger partial charge in [0.1, 0.15) is 0 Å². The predicted molar refractivity (Wildman–Crippen MR) is 226 cm³/mol. The lowest BCUT2D eigenvalue weighted by atomic mass is 9.82. The summed E-state index contributed by atoms with van der Waals surface area (Å²) in [5, 5.41) is 3.86. The molecule has 0 aromatic heterocycles. The Morgan fingerprint density at radius 2 is 1.16 bits per heavy atom. The van der Waals surface area contributed by atoms with Crippen LogP contribution in [0.1, 0.15) is 113 Å². The molecule has 0 spiro atoms. The maximum absolute atomic E-state index is 13.9. The van der Waals surface area contributed by atoms with Gasteiger partial charge < -0.3 is 15.1 Å². The Morgan fingerprint density at radius 1 is 0.600 bits per heavy atom. The lowest BCUT2D eigenvalue weighted by Crippen LogP contribution is -2.46. The van der Waals surface area contributed by atoms with Crippen LogP contribution < -0.4 is 15.1 Å². The zero-order chi connectivity index (χ0) is 37.4. The second-order valence-corrected chi connectivity index (χ2v) is 16.5. The number of hydrogen-bond donors (Lipinski definition) is 1. The van der Waals surface area contributed by atoms with Crippen molar-refractivity contribution in [2.45, 2.75) is 89.3 Å². The molecule has 2 saturated heterocycles. The molecule has 0 atom stereocenters. The van der Waals surface area contributed by atoms with Gasteiger partial charge in [0, 0.05) is 105 Å². The maximum atomic E-state index is 13.9. The lowest BCUT2D eigenvalue weighted by molar-refractivity contribution is 0.102. The number of benzene rings is 4. The minimum Gasteiger partial charge on any atom is -0.382 e. The number of aldehydes is 1. The minimum absolute atomic E-state index is 0.0984. The summed E-state index contributed by atoms with van der Waals surface area (Å²) in [5.41, 5.74) is 9.42. The van der Waals surface area contributed by atoms with Crippen LogP contribution in [0.2, 0.25) is 0 Å². The number of carbonyl (C=O) groups excluding carboxylic acids is 2. The van der Waals surface area contributed by atoms with E-state index in [1.165, 1.54) is 81.0 Å². The molecule has 4 fully saturated rings. The van der Waals surface area contributed by atoms with Gasteiger partial charge in [0.25, 0.3) is 0 Å². The number of piperazine rings is 2. The fraction of sp³-hybridized carbons (Fsp3) is 0.458. The molecule has 7 nitrogen and oxygen atoms in total. The summed E-state index contributed by atoms with van der Waals surface area (Å²) in [6.07, 6.45) is 14.1. The monoisotopic (exact) mass is 737 g/mol. The largest absolute Gasteiger partial charge is 0.382 e. The molecule has 2 aliphatic heterocycles. The highest BCUT2D eigenvalue weighted by Gasteiger charge is 2.24. The number of para-hydroxylation sites is 1. The molecule has 4 aromatic carbocycles. The standard InChI is InChI=1S/C48H59N5O2/c54-36-41-21-24-44(53-31-27-50(28-32-53)34-39-13-7-9-17-45(39)37-11-3-1-4-12-37)33-46(41)48(55)38-19-22-43(23-20-38)52-29-25-51(26-30-52)35-40-14-8-10-18-47(40)49-42-15-5-2-6-16-42/h7-10,13-14,17-24,33,36-37,42,49H,1-6,11-12,15-16,25-32,34-35H2. The van der Waals surface area contributed by atoms with Crippen molar-refractivity contribution in [1.82, 2.24) is 9.80 Å². The van der Waals surface area contributed by atoms with E-state index in [-0.39, 0.29) is 5.78 Å². The number of hydrogen-bond acceptors (Lipinski definition) is 7. The van der Waals surface area contributed by atoms with E-state index in [2.05, 4.69) is 85.6 Å². The molecule has 0 radical (unpaired) electrons. The number of nitrogens with one attached hydrogen (secondary N) is 1. The number of carbonyl (C=O) groups is 2. The third-order valence-electron chi connectivity index (χ3n) is 12.9. The third-order valence-corrected chi connectivity index (χ3v) is 12.9. The van der Waals surface area contributed by atoms with E-state index in [0.29, 0.717) is 28.7 Å². The van der Waals surface area contributed by atoms with E-state index in [4.69, 9.17) is 0 Å². The van der Waals surface area contributed by atoms with Crippen LogP contribution in [0.3, 0.4) is 0 Å². The van der Waals surface area contributed by atoms with Crippen molar-refractivity contribution in [3.8, 4) is 0 Å². The van der Waals surface area contributed by atoms with Gasteiger partial charge in [-0.25, -0.2) is 0 Å². The molecule has 1 N–H and O–H groups in total. The van der Waals surface area contributed by atoms with Gasteiger partial charge in [0.15, 0.2) is 12.1 Å². The number of nitrogens with zero attached hydrogens (tertiary/aromatic N) is 4. The molecule has 2 saturated carbocycles. The molecule has 4 aliphatic rings. The Hall–Kier alpha value is -4.46. The molecule has 4 aromatic rings. The van der Waals surface area contributed by atoms with Crippen molar-refractivity contribution in [3.05, 3.63) is 124 Å². The normalized spacial score (nSPS) is 19.3. The molecule has 2 aliphatic carbocycles. The minimum atomic E-state index is -0.0984. The summed E-state index contributed by atoms with van der Waals surface area (Å²) in [6.45, 7) is 9.57. The Balaban J connectivity index is 0.857. The molecule has 2 heterocycles. The SMILES string of the molecule is O=Cc1ccc(N2CCN(Cc3ccccc3C3CCCCC3)CC2)cc1C(=O)c1ccc(N2CCN(Cc3ccccc3NC3CCCCC3)CC2)cc1. The first-order valence-electron chi connectivity index (χ1n) is 21.2. The second-order valence-electron chi connectivity index (χ2n) is 16.5. The average molecular weight is 738 g/mol. The van der Waals surface area contributed by atoms with Gasteiger partial charge in [0.05, 0.1) is 0 Å². The Morgan fingerprint density at radius 3 is 1.84 bits per heavy atom. The van der Waals surface area contributed by atoms with E-state index < -0.39 is 0 Å². The van der Waals surface area contributed by atoms with Gasteiger partial charge in [-0.05, 0) is 96.8 Å². The van der Waals surface area contributed by atoms with Crippen LogP contribution in [0, 0.1) is 0 Å². The molecule has 288 valence electrons. The van der Waals surface area contributed by atoms with Gasteiger partial charge in [-0.3, -0.25) is 19.4 Å². The van der Waals surface area contributed by atoms with Gasteiger partial charge in [-0.2, -0.15) is 0 Å². The van der Waals surface area contributed by atoms with Gasteiger partial charge in [-0.1, -0.05) is 81.0 Å². The van der Waals surface area contributed by atoms with E-state index >= 15 is 0 Å². The zero-order valence-corrected chi connectivity index (χ0v) is 32.6. The number of ketones is 1.